The maximum atomic E-state index is 5.61. The average Bonchev–Trinajstić information content (AvgIpc) is 2.16. The second-order valence-corrected chi connectivity index (χ2v) is 3.97. The monoisotopic (exact) mass is 206 g/mol. The number of nitrogens with zero attached hydrogens (tertiary/aromatic N) is 1. The first-order valence-electron chi connectivity index (χ1n) is 5.41. The highest BCUT2D eigenvalue weighted by Gasteiger charge is 2.24. The van der Waals surface area contributed by atoms with Crippen molar-refractivity contribution >= 4 is 5.69 Å². The van der Waals surface area contributed by atoms with Gasteiger partial charge < -0.3 is 15.4 Å². The zero-order chi connectivity index (χ0) is 10.7. The Morgan fingerprint density at radius 3 is 2.73 bits per heavy atom. The van der Waals surface area contributed by atoms with Crippen molar-refractivity contribution in [1.82, 2.24) is 0 Å². The summed E-state index contributed by atoms with van der Waals surface area (Å²) in [6, 6.07) is 8.98. The van der Waals surface area contributed by atoms with Gasteiger partial charge in [-0.05, 0) is 24.6 Å². The third-order valence-electron chi connectivity index (χ3n) is 2.95. The Balaban J connectivity index is 2.17. The summed E-state index contributed by atoms with van der Waals surface area (Å²) in [5.41, 5.74) is 8.23. The minimum absolute atomic E-state index is 0.531. The Kier molecular flexibility index (Phi) is 3.23. The fourth-order valence-electron chi connectivity index (χ4n) is 1.87. The lowest BCUT2D eigenvalue weighted by molar-refractivity contribution is 0.0101. The molecule has 0 aliphatic carbocycles. The lowest BCUT2D eigenvalue weighted by Gasteiger charge is -2.37. The van der Waals surface area contributed by atoms with Gasteiger partial charge in [0.15, 0.2) is 0 Å². The number of anilines is 1. The lowest BCUT2D eigenvalue weighted by Crippen LogP contribution is -2.47. The van der Waals surface area contributed by atoms with Crippen LogP contribution in [-0.2, 0) is 11.2 Å². The van der Waals surface area contributed by atoms with Gasteiger partial charge in [-0.25, -0.2) is 0 Å². The first-order chi connectivity index (χ1) is 7.33. The fourth-order valence-corrected chi connectivity index (χ4v) is 1.87. The topological polar surface area (TPSA) is 38.5 Å². The third kappa shape index (κ3) is 2.13. The Labute approximate surface area is 90.8 Å². The molecule has 0 bridgehead atoms. The molecule has 1 aromatic rings. The molecule has 2 rings (SSSR count). The summed E-state index contributed by atoms with van der Waals surface area (Å²) >= 11 is 0. The van der Waals surface area contributed by atoms with Gasteiger partial charge in [0.25, 0.3) is 0 Å². The van der Waals surface area contributed by atoms with Crippen LogP contribution in [0.2, 0.25) is 0 Å². The summed E-state index contributed by atoms with van der Waals surface area (Å²) in [4.78, 5) is 2.30. The Hall–Kier alpha value is -1.06. The molecule has 1 aromatic carbocycles. The molecule has 1 aliphatic heterocycles. The van der Waals surface area contributed by atoms with Crippen LogP contribution in [0.25, 0.3) is 0 Å². The number of likely N-dealkylation sites (N-methyl/N-ethyl adjacent to an activating group) is 1. The van der Waals surface area contributed by atoms with E-state index in [2.05, 4.69) is 36.2 Å². The molecule has 0 unspecified atom stereocenters. The number of benzene rings is 1. The molecule has 3 nitrogen and oxygen atoms in total. The molecule has 1 saturated heterocycles. The summed E-state index contributed by atoms with van der Waals surface area (Å²) in [6.45, 7) is 2.38. The minimum atomic E-state index is 0.531. The van der Waals surface area contributed by atoms with Gasteiger partial charge in [0.05, 0.1) is 19.3 Å². The standard InChI is InChI=1S/C12H18N2O/c1-14(11-8-15-9-11)12-5-3-2-4-10(12)6-7-13/h2-5,11H,6-9,13H2,1H3. The lowest BCUT2D eigenvalue weighted by atomic mass is 10.1. The molecule has 0 atom stereocenters. The van der Waals surface area contributed by atoms with E-state index in [1.807, 2.05) is 0 Å². The van der Waals surface area contributed by atoms with Crippen molar-refractivity contribution in [3.63, 3.8) is 0 Å². The van der Waals surface area contributed by atoms with Crippen LogP contribution in [0.4, 0.5) is 5.69 Å². The summed E-state index contributed by atoms with van der Waals surface area (Å²) in [5, 5.41) is 0. The molecule has 0 saturated carbocycles. The smallest absolute Gasteiger partial charge is 0.0754 e. The summed E-state index contributed by atoms with van der Waals surface area (Å²) in [5.74, 6) is 0. The summed E-state index contributed by atoms with van der Waals surface area (Å²) in [7, 11) is 2.13. The molecule has 0 radical (unpaired) electrons. The number of hydrogen-bond acceptors (Lipinski definition) is 3. The molecule has 2 N–H and O–H groups in total. The van der Waals surface area contributed by atoms with Crippen LogP contribution in [0.1, 0.15) is 5.56 Å². The van der Waals surface area contributed by atoms with Gasteiger partial charge in [-0.1, -0.05) is 18.2 Å². The largest absolute Gasteiger partial charge is 0.377 e. The second kappa shape index (κ2) is 4.64. The predicted molar refractivity (Wildman–Crippen MR) is 62.2 cm³/mol. The molecular weight excluding hydrogens is 188 g/mol. The van der Waals surface area contributed by atoms with E-state index < -0.39 is 0 Å². The molecule has 1 heterocycles. The number of para-hydroxylation sites is 1. The van der Waals surface area contributed by atoms with E-state index in [1.54, 1.807) is 0 Å². The van der Waals surface area contributed by atoms with Crippen LogP contribution in [0.3, 0.4) is 0 Å². The quantitative estimate of drug-likeness (QED) is 0.799. The van der Waals surface area contributed by atoms with Gasteiger partial charge in [-0.2, -0.15) is 0 Å². The number of ether oxygens (including phenoxy) is 1. The Morgan fingerprint density at radius 2 is 2.13 bits per heavy atom. The van der Waals surface area contributed by atoms with E-state index in [0.717, 1.165) is 19.6 Å². The Morgan fingerprint density at radius 1 is 1.40 bits per heavy atom. The van der Waals surface area contributed by atoms with Crippen molar-refractivity contribution in [3.8, 4) is 0 Å². The first kappa shape index (κ1) is 10.5. The average molecular weight is 206 g/mol. The van der Waals surface area contributed by atoms with Gasteiger partial charge >= 0.3 is 0 Å². The molecule has 0 aromatic heterocycles. The zero-order valence-electron chi connectivity index (χ0n) is 9.15. The van der Waals surface area contributed by atoms with Crippen LogP contribution in [0, 0.1) is 0 Å². The van der Waals surface area contributed by atoms with Crippen molar-refractivity contribution in [1.29, 1.82) is 0 Å². The molecule has 0 amide bonds. The molecule has 15 heavy (non-hydrogen) atoms. The zero-order valence-corrected chi connectivity index (χ0v) is 9.15. The van der Waals surface area contributed by atoms with Crippen molar-refractivity contribution in [2.24, 2.45) is 5.73 Å². The SMILES string of the molecule is CN(c1ccccc1CCN)C1COC1. The van der Waals surface area contributed by atoms with E-state index >= 15 is 0 Å². The van der Waals surface area contributed by atoms with E-state index in [-0.39, 0.29) is 0 Å². The van der Waals surface area contributed by atoms with Crippen molar-refractivity contribution in [2.45, 2.75) is 12.5 Å². The Bertz CT molecular complexity index is 323. The van der Waals surface area contributed by atoms with Gasteiger partial charge in [-0.3, -0.25) is 0 Å². The molecule has 3 heteroatoms. The normalized spacial score (nSPS) is 16.1. The van der Waals surface area contributed by atoms with Gasteiger partial charge in [0, 0.05) is 12.7 Å². The number of hydrogen-bond donors (Lipinski definition) is 1. The van der Waals surface area contributed by atoms with Crippen LogP contribution >= 0.6 is 0 Å². The van der Waals surface area contributed by atoms with Crippen LogP contribution < -0.4 is 10.6 Å². The minimum Gasteiger partial charge on any atom is -0.377 e. The van der Waals surface area contributed by atoms with Gasteiger partial charge in [-0.15, -0.1) is 0 Å². The highest BCUT2D eigenvalue weighted by molar-refractivity contribution is 5.54. The van der Waals surface area contributed by atoms with Crippen LogP contribution in [0.5, 0.6) is 0 Å². The van der Waals surface area contributed by atoms with Crippen molar-refractivity contribution in [2.75, 3.05) is 31.7 Å². The fraction of sp³-hybridized carbons (Fsp3) is 0.500. The van der Waals surface area contributed by atoms with Gasteiger partial charge in [0.2, 0.25) is 0 Å². The first-order valence-corrected chi connectivity index (χ1v) is 5.41. The van der Waals surface area contributed by atoms with Crippen molar-refractivity contribution in [3.05, 3.63) is 29.8 Å². The molecule has 0 spiro atoms. The highest BCUT2D eigenvalue weighted by atomic mass is 16.5. The van der Waals surface area contributed by atoms with E-state index in [9.17, 15) is 0 Å². The number of nitrogens with two attached hydrogens (primary N) is 1. The van der Waals surface area contributed by atoms with Crippen LogP contribution in [0.15, 0.2) is 24.3 Å². The molecular formula is C12H18N2O. The van der Waals surface area contributed by atoms with E-state index in [0.29, 0.717) is 12.6 Å². The summed E-state index contributed by atoms with van der Waals surface area (Å²) < 4.78 is 5.21. The molecule has 1 aliphatic rings. The molecule has 82 valence electrons. The van der Waals surface area contributed by atoms with E-state index in [1.165, 1.54) is 11.3 Å². The van der Waals surface area contributed by atoms with E-state index in [4.69, 9.17) is 10.5 Å². The maximum Gasteiger partial charge on any atom is 0.0754 e. The van der Waals surface area contributed by atoms with Gasteiger partial charge in [0.1, 0.15) is 0 Å². The summed E-state index contributed by atoms with van der Waals surface area (Å²) in [6.07, 6.45) is 0.939. The highest BCUT2D eigenvalue weighted by Crippen LogP contribution is 2.23. The number of rotatable bonds is 4. The maximum absolute atomic E-state index is 5.61. The third-order valence-corrected chi connectivity index (χ3v) is 2.95. The van der Waals surface area contributed by atoms with Crippen LogP contribution in [-0.4, -0.2) is 32.8 Å². The predicted octanol–water partition coefficient (Wildman–Crippen LogP) is 1.02. The van der Waals surface area contributed by atoms with Crippen molar-refractivity contribution < 1.29 is 4.74 Å². The second-order valence-electron chi connectivity index (χ2n) is 3.97. The molecule has 1 fully saturated rings.